The van der Waals surface area contributed by atoms with Gasteiger partial charge in [0.05, 0.1) is 18.8 Å². The molecule has 3 rings (SSSR count). The summed E-state index contributed by atoms with van der Waals surface area (Å²) in [5.74, 6) is 1.65. The van der Waals surface area contributed by atoms with Crippen LogP contribution in [0.4, 0.5) is 17.8 Å². The minimum atomic E-state index is 0.0292. The van der Waals surface area contributed by atoms with Gasteiger partial charge >= 0.3 is 0 Å². The summed E-state index contributed by atoms with van der Waals surface area (Å²) in [7, 11) is 0. The summed E-state index contributed by atoms with van der Waals surface area (Å²) in [6.45, 7) is 2.90. The van der Waals surface area contributed by atoms with Gasteiger partial charge in [0.1, 0.15) is 0 Å². The molecular weight excluding hydrogens is 294 g/mol. The van der Waals surface area contributed by atoms with Crippen LogP contribution in [-0.4, -0.2) is 51.3 Å². The van der Waals surface area contributed by atoms with Gasteiger partial charge in [0.15, 0.2) is 0 Å². The summed E-state index contributed by atoms with van der Waals surface area (Å²) in [5, 5.41) is 15.2. The standard InChI is InChI=1S/C15H21N7O/c23-10-7-17-13-19-14(18-11-12-5-1-2-6-16-12)21-15(20-13)22-8-3-4-9-22/h1-2,5-6,23H,3-4,7-11H2,(H2,17,18,19,20,21). The molecule has 0 amide bonds. The Bertz CT molecular complexity index is 616. The van der Waals surface area contributed by atoms with E-state index in [9.17, 15) is 0 Å². The van der Waals surface area contributed by atoms with Gasteiger partial charge in [0, 0.05) is 25.8 Å². The van der Waals surface area contributed by atoms with Crippen molar-refractivity contribution in [1.82, 2.24) is 19.9 Å². The first-order valence-corrected chi connectivity index (χ1v) is 7.85. The van der Waals surface area contributed by atoms with Gasteiger partial charge in [0.25, 0.3) is 0 Å². The molecule has 8 heteroatoms. The van der Waals surface area contributed by atoms with Crippen LogP contribution >= 0.6 is 0 Å². The Morgan fingerprint density at radius 1 is 1.04 bits per heavy atom. The minimum Gasteiger partial charge on any atom is -0.395 e. The smallest absolute Gasteiger partial charge is 0.231 e. The molecule has 1 fully saturated rings. The van der Waals surface area contributed by atoms with Crippen molar-refractivity contribution in [2.24, 2.45) is 0 Å². The highest BCUT2D eigenvalue weighted by molar-refractivity contribution is 5.44. The molecule has 1 saturated heterocycles. The Morgan fingerprint density at radius 2 is 1.83 bits per heavy atom. The van der Waals surface area contributed by atoms with Crippen LogP contribution < -0.4 is 15.5 Å². The van der Waals surface area contributed by atoms with Crippen LogP contribution in [0.2, 0.25) is 0 Å². The summed E-state index contributed by atoms with van der Waals surface area (Å²) in [6.07, 6.45) is 4.07. The van der Waals surface area contributed by atoms with Crippen LogP contribution in [0.3, 0.4) is 0 Å². The van der Waals surface area contributed by atoms with E-state index < -0.39 is 0 Å². The number of nitrogens with one attached hydrogen (secondary N) is 2. The van der Waals surface area contributed by atoms with E-state index in [-0.39, 0.29) is 6.61 Å². The van der Waals surface area contributed by atoms with Gasteiger partial charge in [-0.25, -0.2) is 0 Å². The lowest BCUT2D eigenvalue weighted by Crippen LogP contribution is -2.22. The Hall–Kier alpha value is -2.48. The maximum atomic E-state index is 8.96. The molecule has 0 bridgehead atoms. The van der Waals surface area contributed by atoms with Crippen LogP contribution in [0.15, 0.2) is 24.4 Å². The second-order valence-electron chi connectivity index (χ2n) is 5.30. The third-order valence-corrected chi connectivity index (χ3v) is 3.56. The predicted molar refractivity (Wildman–Crippen MR) is 88.4 cm³/mol. The molecule has 0 spiro atoms. The Kier molecular flexibility index (Phi) is 5.15. The van der Waals surface area contributed by atoms with Crippen molar-refractivity contribution in [3.8, 4) is 0 Å². The third-order valence-electron chi connectivity index (χ3n) is 3.56. The van der Waals surface area contributed by atoms with E-state index in [0.29, 0.717) is 30.9 Å². The van der Waals surface area contributed by atoms with E-state index in [2.05, 4.69) is 35.5 Å². The summed E-state index contributed by atoms with van der Waals surface area (Å²) in [4.78, 5) is 19.7. The van der Waals surface area contributed by atoms with E-state index in [1.165, 1.54) is 0 Å². The molecule has 3 heterocycles. The maximum Gasteiger partial charge on any atom is 0.231 e. The molecular formula is C15H21N7O. The quantitative estimate of drug-likeness (QED) is 0.692. The second kappa shape index (κ2) is 7.68. The van der Waals surface area contributed by atoms with Gasteiger partial charge in [0.2, 0.25) is 17.8 Å². The Balaban J connectivity index is 1.75. The molecule has 2 aromatic heterocycles. The van der Waals surface area contributed by atoms with Gasteiger partial charge in [-0.15, -0.1) is 0 Å². The number of aliphatic hydroxyl groups excluding tert-OH is 1. The lowest BCUT2D eigenvalue weighted by Gasteiger charge is -2.17. The summed E-state index contributed by atoms with van der Waals surface area (Å²) in [6, 6.07) is 5.77. The van der Waals surface area contributed by atoms with E-state index in [1.807, 2.05) is 18.2 Å². The van der Waals surface area contributed by atoms with Crippen molar-refractivity contribution in [2.75, 3.05) is 41.8 Å². The average molecular weight is 315 g/mol. The molecule has 3 N–H and O–H groups in total. The normalized spacial score (nSPS) is 14.0. The molecule has 0 aliphatic carbocycles. The van der Waals surface area contributed by atoms with Crippen molar-refractivity contribution in [3.05, 3.63) is 30.1 Å². The van der Waals surface area contributed by atoms with Crippen molar-refractivity contribution >= 4 is 17.8 Å². The van der Waals surface area contributed by atoms with Crippen molar-refractivity contribution in [2.45, 2.75) is 19.4 Å². The zero-order valence-electron chi connectivity index (χ0n) is 12.9. The zero-order chi connectivity index (χ0) is 15.9. The first-order chi connectivity index (χ1) is 11.3. The molecule has 0 aromatic carbocycles. The summed E-state index contributed by atoms with van der Waals surface area (Å²) in [5.41, 5.74) is 0.917. The number of anilines is 3. The molecule has 1 aliphatic rings. The van der Waals surface area contributed by atoms with Gasteiger partial charge < -0.3 is 20.6 Å². The Morgan fingerprint density at radius 3 is 2.52 bits per heavy atom. The fourth-order valence-corrected chi connectivity index (χ4v) is 2.42. The molecule has 2 aromatic rings. The van der Waals surface area contributed by atoms with E-state index in [4.69, 9.17) is 5.11 Å². The molecule has 8 nitrogen and oxygen atoms in total. The molecule has 0 saturated carbocycles. The van der Waals surface area contributed by atoms with Gasteiger partial charge in [-0.2, -0.15) is 15.0 Å². The van der Waals surface area contributed by atoms with E-state index >= 15 is 0 Å². The second-order valence-corrected chi connectivity index (χ2v) is 5.30. The number of pyridine rings is 1. The Labute approximate surface area is 135 Å². The van der Waals surface area contributed by atoms with Crippen molar-refractivity contribution < 1.29 is 5.11 Å². The van der Waals surface area contributed by atoms with E-state index in [0.717, 1.165) is 31.6 Å². The fraction of sp³-hybridized carbons (Fsp3) is 0.467. The average Bonchev–Trinajstić information content (AvgIpc) is 3.14. The molecule has 0 atom stereocenters. The van der Waals surface area contributed by atoms with Crippen molar-refractivity contribution in [3.63, 3.8) is 0 Å². The topological polar surface area (TPSA) is 99.1 Å². The van der Waals surface area contributed by atoms with Crippen LogP contribution in [0.25, 0.3) is 0 Å². The van der Waals surface area contributed by atoms with Gasteiger partial charge in [-0.3, -0.25) is 4.98 Å². The molecule has 23 heavy (non-hydrogen) atoms. The highest BCUT2D eigenvalue weighted by atomic mass is 16.3. The predicted octanol–water partition coefficient (Wildman–Crippen LogP) is 0.883. The first-order valence-electron chi connectivity index (χ1n) is 7.85. The van der Waals surface area contributed by atoms with Crippen LogP contribution in [-0.2, 0) is 6.54 Å². The highest BCUT2D eigenvalue weighted by Gasteiger charge is 2.17. The number of hydrogen-bond donors (Lipinski definition) is 3. The minimum absolute atomic E-state index is 0.0292. The molecule has 0 unspecified atom stereocenters. The number of hydrogen-bond acceptors (Lipinski definition) is 8. The molecule has 122 valence electrons. The largest absolute Gasteiger partial charge is 0.395 e. The number of aliphatic hydroxyl groups is 1. The summed E-state index contributed by atoms with van der Waals surface area (Å²) < 4.78 is 0. The molecule has 0 radical (unpaired) electrons. The molecule has 1 aliphatic heterocycles. The van der Waals surface area contributed by atoms with E-state index in [1.54, 1.807) is 6.20 Å². The SMILES string of the molecule is OCCNc1nc(NCc2ccccn2)nc(N2CCCC2)n1. The monoisotopic (exact) mass is 315 g/mol. The first kappa shape index (κ1) is 15.4. The van der Waals surface area contributed by atoms with Gasteiger partial charge in [-0.05, 0) is 25.0 Å². The lowest BCUT2D eigenvalue weighted by molar-refractivity contribution is 0.311. The number of aromatic nitrogens is 4. The van der Waals surface area contributed by atoms with Crippen molar-refractivity contribution in [1.29, 1.82) is 0 Å². The maximum absolute atomic E-state index is 8.96. The van der Waals surface area contributed by atoms with Crippen LogP contribution in [0.1, 0.15) is 18.5 Å². The highest BCUT2D eigenvalue weighted by Crippen LogP contribution is 2.18. The number of nitrogens with zero attached hydrogens (tertiary/aromatic N) is 5. The third kappa shape index (κ3) is 4.26. The van der Waals surface area contributed by atoms with Crippen LogP contribution in [0, 0.1) is 0 Å². The fourth-order valence-electron chi connectivity index (χ4n) is 2.42. The zero-order valence-corrected chi connectivity index (χ0v) is 12.9. The van der Waals surface area contributed by atoms with Gasteiger partial charge in [-0.1, -0.05) is 6.07 Å². The van der Waals surface area contributed by atoms with Crippen LogP contribution in [0.5, 0.6) is 0 Å². The summed E-state index contributed by atoms with van der Waals surface area (Å²) >= 11 is 0. The number of rotatable bonds is 7. The lowest BCUT2D eigenvalue weighted by atomic mass is 10.3.